The minimum Gasteiger partial charge on any atom is -0.349 e. The number of carbonyl (C=O) groups excluding carboxylic acids is 2. The fourth-order valence-corrected chi connectivity index (χ4v) is 2.10. The number of carbonyl (C=O) groups is 2. The van der Waals surface area contributed by atoms with Crippen molar-refractivity contribution in [3.63, 3.8) is 0 Å². The van der Waals surface area contributed by atoms with E-state index in [0.29, 0.717) is 23.4 Å². The van der Waals surface area contributed by atoms with Gasteiger partial charge in [-0.3, -0.25) is 14.6 Å². The molecule has 2 N–H and O–H groups in total. The predicted octanol–water partition coefficient (Wildman–Crippen LogP) is 3.01. The smallest absolute Gasteiger partial charge is 0.257 e. The lowest BCUT2D eigenvalue weighted by Crippen LogP contribution is -2.24. The number of nitrogens with one attached hydrogen (secondary N) is 2. The molecule has 22 heavy (non-hydrogen) atoms. The van der Waals surface area contributed by atoms with Crippen LogP contribution in [0.5, 0.6) is 0 Å². The number of rotatable bonds is 5. The molecule has 0 fully saturated rings. The fraction of sp³-hybridized carbons (Fsp3) is 0.0625. The number of hydrogen-bond donors (Lipinski definition) is 2. The predicted molar refractivity (Wildman–Crippen MR) is 88.9 cm³/mol. The molecule has 1 aromatic carbocycles. The summed E-state index contributed by atoms with van der Waals surface area (Å²) in [4.78, 5) is 28.0. The molecule has 0 aliphatic heterocycles. The second kappa shape index (κ2) is 7.51. The number of para-hydroxylation sites is 1. The summed E-state index contributed by atoms with van der Waals surface area (Å²) in [5.74, 6) is -0.638. The summed E-state index contributed by atoms with van der Waals surface area (Å²) in [7, 11) is 0. The van der Waals surface area contributed by atoms with E-state index in [-0.39, 0.29) is 11.8 Å². The van der Waals surface area contributed by atoms with Crippen LogP contribution in [0, 0.1) is 0 Å². The number of hydrogen-bond acceptors (Lipinski definition) is 3. The first-order chi connectivity index (χ1) is 10.6. The Labute approximate surface area is 136 Å². The second-order valence-corrected chi connectivity index (χ2v) is 5.25. The lowest BCUT2D eigenvalue weighted by molar-refractivity contribution is 0.0957. The Morgan fingerprint density at radius 2 is 1.86 bits per heavy atom. The van der Waals surface area contributed by atoms with Crippen molar-refractivity contribution in [2.24, 2.45) is 0 Å². The number of benzene rings is 1. The van der Waals surface area contributed by atoms with Crippen LogP contribution in [0.1, 0.15) is 20.7 Å². The maximum Gasteiger partial charge on any atom is 0.257 e. The van der Waals surface area contributed by atoms with Crippen molar-refractivity contribution < 1.29 is 9.59 Å². The number of amides is 2. The van der Waals surface area contributed by atoms with Gasteiger partial charge in [0.1, 0.15) is 0 Å². The number of halogens is 1. The molecule has 0 aliphatic carbocycles. The van der Waals surface area contributed by atoms with Gasteiger partial charge in [0.25, 0.3) is 11.8 Å². The molecule has 0 spiro atoms. The van der Waals surface area contributed by atoms with Crippen molar-refractivity contribution in [1.82, 2.24) is 10.3 Å². The molecule has 2 amide bonds. The highest BCUT2D eigenvalue weighted by atomic mass is 79.9. The van der Waals surface area contributed by atoms with Crippen molar-refractivity contribution in [2.45, 2.75) is 0 Å². The van der Waals surface area contributed by atoms with Gasteiger partial charge in [-0.1, -0.05) is 18.2 Å². The van der Waals surface area contributed by atoms with Crippen molar-refractivity contribution >= 4 is 33.4 Å². The third kappa shape index (κ3) is 4.02. The van der Waals surface area contributed by atoms with Gasteiger partial charge in [0, 0.05) is 23.4 Å². The lowest BCUT2D eigenvalue weighted by atomic mass is 10.2. The molecule has 0 saturated heterocycles. The molecule has 2 rings (SSSR count). The summed E-state index contributed by atoms with van der Waals surface area (Å²) in [5, 5.41) is 5.40. The molecule has 0 saturated carbocycles. The van der Waals surface area contributed by atoms with E-state index in [0.717, 1.165) is 4.47 Å². The molecule has 0 unspecified atom stereocenters. The molecule has 0 atom stereocenters. The minimum atomic E-state index is -0.335. The molecule has 1 aromatic heterocycles. The molecule has 5 nitrogen and oxygen atoms in total. The van der Waals surface area contributed by atoms with E-state index in [4.69, 9.17) is 0 Å². The number of aromatic nitrogens is 1. The van der Waals surface area contributed by atoms with Crippen molar-refractivity contribution in [3.8, 4) is 0 Å². The molecular weight excluding hydrogens is 346 g/mol. The number of anilines is 1. The van der Waals surface area contributed by atoms with Gasteiger partial charge in [0.05, 0.1) is 16.8 Å². The van der Waals surface area contributed by atoms with Gasteiger partial charge >= 0.3 is 0 Å². The van der Waals surface area contributed by atoms with Crippen molar-refractivity contribution in [1.29, 1.82) is 0 Å². The van der Waals surface area contributed by atoms with Crippen LogP contribution in [0.3, 0.4) is 0 Å². The summed E-state index contributed by atoms with van der Waals surface area (Å²) >= 11 is 3.36. The average Bonchev–Trinajstić information content (AvgIpc) is 2.54. The summed E-state index contributed by atoms with van der Waals surface area (Å²) < 4.78 is 0.774. The number of nitrogens with zero attached hydrogens (tertiary/aromatic N) is 1. The van der Waals surface area contributed by atoms with Crippen molar-refractivity contribution in [3.05, 3.63) is 71.0 Å². The molecule has 6 heteroatoms. The highest BCUT2D eigenvalue weighted by molar-refractivity contribution is 9.10. The van der Waals surface area contributed by atoms with Gasteiger partial charge in [0.15, 0.2) is 0 Å². The Bertz CT molecular complexity index is 716. The summed E-state index contributed by atoms with van der Waals surface area (Å²) in [6.07, 6.45) is 4.40. The van der Waals surface area contributed by atoms with E-state index in [9.17, 15) is 9.59 Å². The summed E-state index contributed by atoms with van der Waals surface area (Å²) in [6, 6.07) is 8.77. The van der Waals surface area contributed by atoms with Crippen LogP contribution in [0.4, 0.5) is 5.69 Å². The molecular formula is C16H14BrN3O2. The zero-order chi connectivity index (χ0) is 15.9. The molecule has 1 heterocycles. The Kier molecular flexibility index (Phi) is 5.43. The van der Waals surface area contributed by atoms with Crippen LogP contribution in [0.15, 0.2) is 59.9 Å². The first kappa shape index (κ1) is 15.9. The van der Waals surface area contributed by atoms with Crippen LogP contribution in [0.25, 0.3) is 0 Å². The molecule has 2 aromatic rings. The Morgan fingerprint density at radius 1 is 1.18 bits per heavy atom. The zero-order valence-electron chi connectivity index (χ0n) is 11.7. The summed E-state index contributed by atoms with van der Waals surface area (Å²) in [5.41, 5.74) is 1.28. The van der Waals surface area contributed by atoms with Crippen LogP contribution >= 0.6 is 15.9 Å². The molecule has 112 valence electrons. The standard InChI is InChI=1S/C16H14BrN3O2/c1-2-7-19-15(21)11-8-12(10-18-9-11)16(22)20-14-6-4-3-5-13(14)17/h2-6,8-10H,1,7H2,(H,19,21)(H,20,22). The highest BCUT2D eigenvalue weighted by Gasteiger charge is 2.12. The largest absolute Gasteiger partial charge is 0.349 e. The van der Waals surface area contributed by atoms with Gasteiger partial charge in [0.2, 0.25) is 0 Å². The van der Waals surface area contributed by atoms with E-state index in [1.807, 2.05) is 18.2 Å². The Balaban J connectivity index is 2.15. The van der Waals surface area contributed by atoms with E-state index in [2.05, 4.69) is 38.1 Å². The maximum absolute atomic E-state index is 12.2. The minimum absolute atomic E-state index is 0.303. The topological polar surface area (TPSA) is 71.1 Å². The quantitative estimate of drug-likeness (QED) is 0.806. The highest BCUT2D eigenvalue weighted by Crippen LogP contribution is 2.21. The van der Waals surface area contributed by atoms with Crippen molar-refractivity contribution in [2.75, 3.05) is 11.9 Å². The van der Waals surface area contributed by atoms with Gasteiger partial charge in [-0.05, 0) is 34.1 Å². The van der Waals surface area contributed by atoms with E-state index in [1.165, 1.54) is 18.5 Å². The monoisotopic (exact) mass is 359 g/mol. The second-order valence-electron chi connectivity index (χ2n) is 4.39. The lowest BCUT2D eigenvalue weighted by Gasteiger charge is -2.08. The average molecular weight is 360 g/mol. The van der Waals surface area contributed by atoms with E-state index in [1.54, 1.807) is 12.1 Å². The fourth-order valence-electron chi connectivity index (χ4n) is 1.71. The first-order valence-corrected chi connectivity index (χ1v) is 7.31. The normalized spacial score (nSPS) is 9.86. The maximum atomic E-state index is 12.2. The number of pyridine rings is 1. The Morgan fingerprint density at radius 3 is 2.55 bits per heavy atom. The Hall–Kier alpha value is -2.47. The SMILES string of the molecule is C=CCNC(=O)c1cncc(C(=O)Nc2ccccc2Br)c1. The van der Waals surface area contributed by atoms with Gasteiger partial charge < -0.3 is 10.6 Å². The molecule has 0 radical (unpaired) electrons. The van der Waals surface area contributed by atoms with Gasteiger partial charge in [-0.2, -0.15) is 0 Å². The molecule has 0 bridgehead atoms. The molecule has 0 aliphatic rings. The van der Waals surface area contributed by atoms with E-state index >= 15 is 0 Å². The third-order valence-corrected chi connectivity index (χ3v) is 3.48. The van der Waals surface area contributed by atoms with Crippen LogP contribution < -0.4 is 10.6 Å². The van der Waals surface area contributed by atoms with Crippen LogP contribution in [-0.4, -0.2) is 23.3 Å². The van der Waals surface area contributed by atoms with Gasteiger partial charge in [-0.25, -0.2) is 0 Å². The van der Waals surface area contributed by atoms with Crippen LogP contribution in [-0.2, 0) is 0 Å². The summed E-state index contributed by atoms with van der Waals surface area (Å²) in [6.45, 7) is 3.88. The van der Waals surface area contributed by atoms with Gasteiger partial charge in [-0.15, -0.1) is 6.58 Å². The first-order valence-electron chi connectivity index (χ1n) is 6.52. The third-order valence-electron chi connectivity index (χ3n) is 2.79. The zero-order valence-corrected chi connectivity index (χ0v) is 13.3. The van der Waals surface area contributed by atoms with E-state index < -0.39 is 0 Å². The van der Waals surface area contributed by atoms with Crippen LogP contribution in [0.2, 0.25) is 0 Å².